The van der Waals surface area contributed by atoms with Gasteiger partial charge in [0.1, 0.15) is 0 Å². The third kappa shape index (κ3) is 2.16. The third-order valence-electron chi connectivity index (χ3n) is 4.83. The van der Waals surface area contributed by atoms with E-state index in [1.807, 2.05) is 0 Å². The van der Waals surface area contributed by atoms with Gasteiger partial charge in [-0.1, -0.05) is 42.5 Å². The number of benzene rings is 2. The van der Waals surface area contributed by atoms with E-state index in [0.29, 0.717) is 6.04 Å². The topological polar surface area (TPSA) is 12.0 Å². The van der Waals surface area contributed by atoms with Crippen molar-refractivity contribution in [1.82, 2.24) is 5.32 Å². The molecule has 1 heteroatoms. The highest BCUT2D eigenvalue weighted by atomic mass is 14.9. The molecule has 0 amide bonds. The fourth-order valence-electron chi connectivity index (χ4n) is 3.74. The molecule has 1 N–H and O–H groups in total. The lowest BCUT2D eigenvalue weighted by Crippen LogP contribution is -2.18. The maximum atomic E-state index is 3.75. The summed E-state index contributed by atoms with van der Waals surface area (Å²) in [5, 5.41) is 3.75. The van der Waals surface area contributed by atoms with Crippen molar-refractivity contribution in [2.24, 2.45) is 0 Å². The van der Waals surface area contributed by atoms with Gasteiger partial charge in [-0.2, -0.15) is 0 Å². The molecule has 1 unspecified atom stereocenters. The van der Waals surface area contributed by atoms with Crippen molar-refractivity contribution in [1.29, 1.82) is 0 Å². The molecule has 2 aliphatic carbocycles. The van der Waals surface area contributed by atoms with Crippen molar-refractivity contribution in [3.63, 3.8) is 0 Å². The van der Waals surface area contributed by atoms with Crippen LogP contribution in [0.15, 0.2) is 42.5 Å². The molecule has 0 spiro atoms. The Morgan fingerprint density at radius 1 is 0.900 bits per heavy atom. The Hall–Kier alpha value is -1.60. The molecule has 20 heavy (non-hydrogen) atoms. The second-order valence-electron chi connectivity index (χ2n) is 6.13. The van der Waals surface area contributed by atoms with Gasteiger partial charge in [0.15, 0.2) is 0 Å². The molecule has 2 aromatic carbocycles. The van der Waals surface area contributed by atoms with Gasteiger partial charge in [0.05, 0.1) is 0 Å². The summed E-state index contributed by atoms with van der Waals surface area (Å²) >= 11 is 0. The summed E-state index contributed by atoms with van der Waals surface area (Å²) in [6.45, 7) is 0.974. The summed E-state index contributed by atoms with van der Waals surface area (Å²) in [6.07, 6.45) is 6.43. The van der Waals surface area contributed by atoms with Crippen LogP contribution >= 0.6 is 0 Å². The molecule has 2 aliphatic rings. The molecule has 0 radical (unpaired) electrons. The summed E-state index contributed by atoms with van der Waals surface area (Å²) in [7, 11) is 0. The summed E-state index contributed by atoms with van der Waals surface area (Å²) in [5.41, 5.74) is 7.77. The zero-order valence-electron chi connectivity index (χ0n) is 11.9. The largest absolute Gasteiger partial charge is 0.306 e. The van der Waals surface area contributed by atoms with Crippen LogP contribution in [-0.2, 0) is 25.8 Å². The van der Waals surface area contributed by atoms with Gasteiger partial charge >= 0.3 is 0 Å². The summed E-state index contributed by atoms with van der Waals surface area (Å²) in [5.74, 6) is 0. The average molecular weight is 263 g/mol. The van der Waals surface area contributed by atoms with Crippen molar-refractivity contribution in [2.75, 3.05) is 0 Å². The number of hydrogen-bond donors (Lipinski definition) is 1. The standard InChI is InChI=1S/C19H21N/c1-2-5-14(6-3-1)13-20-19-10-9-17-11-15-7-4-8-16(15)12-18(17)19/h1-3,5-6,11-12,19-20H,4,7-10,13H2. The Morgan fingerprint density at radius 2 is 1.70 bits per heavy atom. The van der Waals surface area contributed by atoms with Crippen LogP contribution < -0.4 is 5.32 Å². The van der Waals surface area contributed by atoms with Crippen LogP contribution in [0.25, 0.3) is 0 Å². The fourth-order valence-corrected chi connectivity index (χ4v) is 3.74. The second-order valence-corrected chi connectivity index (χ2v) is 6.13. The molecule has 0 heterocycles. The highest BCUT2D eigenvalue weighted by molar-refractivity contribution is 5.44. The van der Waals surface area contributed by atoms with E-state index < -0.39 is 0 Å². The van der Waals surface area contributed by atoms with Gasteiger partial charge < -0.3 is 5.32 Å². The quantitative estimate of drug-likeness (QED) is 0.884. The van der Waals surface area contributed by atoms with Crippen molar-refractivity contribution < 1.29 is 0 Å². The summed E-state index contributed by atoms with van der Waals surface area (Å²) in [6, 6.07) is 16.2. The molecular formula is C19H21N. The number of aryl methyl sites for hydroxylation is 3. The van der Waals surface area contributed by atoms with Crippen LogP contribution in [0.4, 0.5) is 0 Å². The lowest BCUT2D eigenvalue weighted by atomic mass is 10.0. The summed E-state index contributed by atoms with van der Waals surface area (Å²) < 4.78 is 0. The predicted octanol–water partition coefficient (Wildman–Crippen LogP) is 3.95. The molecule has 4 rings (SSSR count). The van der Waals surface area contributed by atoms with E-state index in [1.54, 1.807) is 22.3 Å². The molecule has 0 saturated carbocycles. The first-order valence-electron chi connectivity index (χ1n) is 7.82. The molecule has 0 bridgehead atoms. The number of fused-ring (bicyclic) bond motifs is 2. The van der Waals surface area contributed by atoms with Crippen LogP contribution in [0.3, 0.4) is 0 Å². The third-order valence-corrected chi connectivity index (χ3v) is 4.83. The van der Waals surface area contributed by atoms with Crippen LogP contribution in [-0.4, -0.2) is 0 Å². The highest BCUT2D eigenvalue weighted by Crippen LogP contribution is 2.36. The van der Waals surface area contributed by atoms with Crippen LogP contribution in [0.5, 0.6) is 0 Å². The predicted molar refractivity (Wildman–Crippen MR) is 82.8 cm³/mol. The van der Waals surface area contributed by atoms with Gasteiger partial charge in [-0.3, -0.25) is 0 Å². The molecule has 0 fully saturated rings. The van der Waals surface area contributed by atoms with Gasteiger partial charge in [0, 0.05) is 12.6 Å². The molecule has 1 atom stereocenters. The molecule has 0 saturated heterocycles. The average Bonchev–Trinajstić information content (AvgIpc) is 3.10. The van der Waals surface area contributed by atoms with E-state index >= 15 is 0 Å². The van der Waals surface area contributed by atoms with Gasteiger partial charge in [0.2, 0.25) is 0 Å². The van der Waals surface area contributed by atoms with E-state index in [-0.39, 0.29) is 0 Å². The van der Waals surface area contributed by atoms with Crippen molar-refractivity contribution in [2.45, 2.75) is 44.7 Å². The Balaban J connectivity index is 1.53. The molecule has 0 aliphatic heterocycles. The Labute approximate surface area is 121 Å². The monoisotopic (exact) mass is 263 g/mol. The first-order valence-corrected chi connectivity index (χ1v) is 7.82. The zero-order chi connectivity index (χ0) is 13.4. The molecule has 0 aromatic heterocycles. The Kier molecular flexibility index (Phi) is 3.08. The lowest BCUT2D eigenvalue weighted by molar-refractivity contribution is 0.530. The van der Waals surface area contributed by atoms with E-state index in [0.717, 1.165) is 6.54 Å². The normalized spacial score (nSPS) is 19.9. The smallest absolute Gasteiger partial charge is 0.0329 e. The maximum absolute atomic E-state index is 3.75. The Bertz CT molecular complexity index is 615. The van der Waals surface area contributed by atoms with Gasteiger partial charge in [-0.05, 0) is 59.9 Å². The van der Waals surface area contributed by atoms with Crippen molar-refractivity contribution in [3.05, 3.63) is 70.3 Å². The van der Waals surface area contributed by atoms with Crippen LogP contribution in [0.2, 0.25) is 0 Å². The first kappa shape index (κ1) is 12.2. The first-order chi connectivity index (χ1) is 9.90. The van der Waals surface area contributed by atoms with Gasteiger partial charge in [-0.25, -0.2) is 0 Å². The van der Waals surface area contributed by atoms with Crippen molar-refractivity contribution >= 4 is 0 Å². The van der Waals surface area contributed by atoms with Gasteiger partial charge in [-0.15, -0.1) is 0 Å². The minimum atomic E-state index is 0.552. The van der Waals surface area contributed by atoms with E-state index in [2.05, 4.69) is 47.8 Å². The van der Waals surface area contributed by atoms with Crippen LogP contribution in [0.1, 0.15) is 46.7 Å². The number of hydrogen-bond acceptors (Lipinski definition) is 1. The second kappa shape index (κ2) is 5.06. The minimum absolute atomic E-state index is 0.552. The number of nitrogens with one attached hydrogen (secondary N) is 1. The minimum Gasteiger partial charge on any atom is -0.306 e. The van der Waals surface area contributed by atoms with Crippen LogP contribution in [0, 0.1) is 0 Å². The maximum Gasteiger partial charge on any atom is 0.0329 e. The van der Waals surface area contributed by atoms with Crippen molar-refractivity contribution in [3.8, 4) is 0 Å². The van der Waals surface area contributed by atoms with Gasteiger partial charge in [0.25, 0.3) is 0 Å². The zero-order valence-corrected chi connectivity index (χ0v) is 11.9. The molecule has 2 aromatic rings. The van der Waals surface area contributed by atoms with E-state index in [9.17, 15) is 0 Å². The summed E-state index contributed by atoms with van der Waals surface area (Å²) in [4.78, 5) is 0. The SMILES string of the molecule is c1ccc(CNC2CCc3cc4c(cc32)CCC4)cc1. The highest BCUT2D eigenvalue weighted by Gasteiger charge is 2.24. The Morgan fingerprint density at radius 3 is 2.55 bits per heavy atom. The molecular weight excluding hydrogens is 242 g/mol. The molecule has 102 valence electrons. The lowest BCUT2D eigenvalue weighted by Gasteiger charge is -2.15. The van der Waals surface area contributed by atoms with E-state index in [1.165, 1.54) is 37.7 Å². The fraction of sp³-hybridized carbons (Fsp3) is 0.368. The van der Waals surface area contributed by atoms with E-state index in [4.69, 9.17) is 0 Å². The molecule has 1 nitrogen and oxygen atoms in total. The number of rotatable bonds is 3.